The summed E-state index contributed by atoms with van der Waals surface area (Å²) >= 11 is 0. The van der Waals surface area contributed by atoms with Crippen LogP contribution in [0.4, 0.5) is 0 Å². The summed E-state index contributed by atoms with van der Waals surface area (Å²) in [5.41, 5.74) is 0.703. The van der Waals surface area contributed by atoms with Gasteiger partial charge in [0, 0.05) is 31.1 Å². The highest BCUT2D eigenvalue weighted by molar-refractivity contribution is 5.86. The summed E-state index contributed by atoms with van der Waals surface area (Å²) in [5.74, 6) is 0.388. The van der Waals surface area contributed by atoms with Crippen molar-refractivity contribution >= 4 is 16.8 Å². The zero-order chi connectivity index (χ0) is 16.1. The van der Waals surface area contributed by atoms with Gasteiger partial charge in [-0.1, -0.05) is 12.1 Å². The molecule has 22 heavy (non-hydrogen) atoms. The number of rotatable bonds is 6. The number of hydrogen-bond acceptors (Lipinski definition) is 3. The Balaban J connectivity index is 2.33. The van der Waals surface area contributed by atoms with Crippen LogP contribution in [0.2, 0.25) is 0 Å². The van der Waals surface area contributed by atoms with E-state index in [0.717, 1.165) is 10.9 Å². The van der Waals surface area contributed by atoms with E-state index >= 15 is 0 Å². The third-order valence-corrected chi connectivity index (χ3v) is 3.76. The molecule has 1 heterocycles. The van der Waals surface area contributed by atoms with Crippen molar-refractivity contribution in [1.82, 2.24) is 9.47 Å². The van der Waals surface area contributed by atoms with E-state index in [-0.39, 0.29) is 18.1 Å². The Kier molecular flexibility index (Phi) is 5.20. The number of hydrogen-bond donors (Lipinski definition) is 0. The molecule has 0 fully saturated rings. The molecular formula is C17H22N2O3. The number of pyridine rings is 1. The Labute approximate surface area is 130 Å². The van der Waals surface area contributed by atoms with E-state index in [4.69, 9.17) is 4.74 Å². The van der Waals surface area contributed by atoms with Gasteiger partial charge in [-0.2, -0.15) is 0 Å². The highest BCUT2D eigenvalue weighted by Crippen LogP contribution is 2.23. The second-order valence-corrected chi connectivity index (χ2v) is 4.96. The number of carbonyl (C=O) groups is 1. The SMILES string of the molecule is CCN(CC)C(=O)COc1cc(=O)n(CC)c2ccccc12. The molecule has 1 aromatic heterocycles. The van der Waals surface area contributed by atoms with Gasteiger partial charge in [-0.05, 0) is 32.9 Å². The maximum Gasteiger partial charge on any atom is 0.260 e. The number of amides is 1. The molecular weight excluding hydrogens is 280 g/mol. The van der Waals surface area contributed by atoms with Crippen molar-refractivity contribution in [2.24, 2.45) is 0 Å². The minimum absolute atomic E-state index is 0.0543. The molecule has 5 heteroatoms. The quantitative estimate of drug-likeness (QED) is 0.822. The lowest BCUT2D eigenvalue weighted by Gasteiger charge is -2.19. The van der Waals surface area contributed by atoms with Gasteiger partial charge in [-0.3, -0.25) is 9.59 Å². The van der Waals surface area contributed by atoms with Gasteiger partial charge >= 0.3 is 0 Å². The molecule has 0 aliphatic heterocycles. The molecule has 0 atom stereocenters. The summed E-state index contributed by atoms with van der Waals surface area (Å²) in [5, 5.41) is 0.844. The number of para-hydroxylation sites is 1. The summed E-state index contributed by atoms with van der Waals surface area (Å²) in [6, 6.07) is 9.03. The first-order valence-corrected chi connectivity index (χ1v) is 7.65. The van der Waals surface area contributed by atoms with Gasteiger partial charge in [-0.25, -0.2) is 0 Å². The molecule has 2 rings (SSSR count). The van der Waals surface area contributed by atoms with Crippen LogP contribution in [0.3, 0.4) is 0 Å². The van der Waals surface area contributed by atoms with Crippen LogP contribution < -0.4 is 10.3 Å². The van der Waals surface area contributed by atoms with Crippen LogP contribution >= 0.6 is 0 Å². The van der Waals surface area contributed by atoms with E-state index in [9.17, 15) is 9.59 Å². The second kappa shape index (κ2) is 7.11. The smallest absolute Gasteiger partial charge is 0.260 e. The molecule has 1 aromatic carbocycles. The zero-order valence-corrected chi connectivity index (χ0v) is 13.3. The number of ether oxygens (including phenoxy) is 1. The van der Waals surface area contributed by atoms with Crippen molar-refractivity contribution in [3.63, 3.8) is 0 Å². The number of carbonyl (C=O) groups excluding carboxylic acids is 1. The number of likely N-dealkylation sites (N-methyl/N-ethyl adjacent to an activating group) is 1. The standard InChI is InChI=1S/C17H22N2O3/c1-4-18(5-2)17(21)12-22-15-11-16(20)19(6-3)14-10-8-7-9-13(14)15/h7-11H,4-6,12H2,1-3H3. The Bertz CT molecular complexity index is 717. The van der Waals surface area contributed by atoms with E-state index in [2.05, 4.69) is 0 Å². The largest absolute Gasteiger partial charge is 0.483 e. The van der Waals surface area contributed by atoms with Crippen molar-refractivity contribution in [2.45, 2.75) is 27.3 Å². The van der Waals surface area contributed by atoms with Crippen LogP contribution in [-0.4, -0.2) is 35.1 Å². The topological polar surface area (TPSA) is 51.5 Å². The van der Waals surface area contributed by atoms with Crippen LogP contribution in [0.25, 0.3) is 10.9 Å². The summed E-state index contributed by atoms with van der Waals surface area (Å²) in [7, 11) is 0. The van der Waals surface area contributed by atoms with E-state index < -0.39 is 0 Å². The fourth-order valence-electron chi connectivity index (χ4n) is 2.56. The van der Waals surface area contributed by atoms with Gasteiger partial charge in [0.15, 0.2) is 6.61 Å². The van der Waals surface area contributed by atoms with Gasteiger partial charge < -0.3 is 14.2 Å². The lowest BCUT2D eigenvalue weighted by Crippen LogP contribution is -2.34. The Morgan fingerprint density at radius 1 is 1.18 bits per heavy atom. The van der Waals surface area contributed by atoms with E-state index in [0.29, 0.717) is 25.4 Å². The van der Waals surface area contributed by atoms with Gasteiger partial charge in [0.05, 0.1) is 5.52 Å². The molecule has 2 aromatic rings. The van der Waals surface area contributed by atoms with Gasteiger partial charge in [0.2, 0.25) is 0 Å². The van der Waals surface area contributed by atoms with Crippen molar-refractivity contribution in [1.29, 1.82) is 0 Å². The Morgan fingerprint density at radius 3 is 2.50 bits per heavy atom. The number of fused-ring (bicyclic) bond motifs is 1. The maximum atomic E-state index is 12.2. The zero-order valence-electron chi connectivity index (χ0n) is 13.3. The second-order valence-electron chi connectivity index (χ2n) is 4.96. The summed E-state index contributed by atoms with van der Waals surface area (Å²) in [4.78, 5) is 25.9. The molecule has 0 bridgehead atoms. The van der Waals surface area contributed by atoms with Crippen LogP contribution in [-0.2, 0) is 11.3 Å². The van der Waals surface area contributed by atoms with Crippen molar-refractivity contribution in [3.05, 3.63) is 40.7 Å². The van der Waals surface area contributed by atoms with E-state index in [1.54, 1.807) is 9.47 Å². The predicted octanol–water partition coefficient (Wildman–Crippen LogP) is 2.27. The van der Waals surface area contributed by atoms with Crippen molar-refractivity contribution in [3.8, 4) is 5.75 Å². The molecule has 118 valence electrons. The van der Waals surface area contributed by atoms with Crippen molar-refractivity contribution < 1.29 is 9.53 Å². The molecule has 0 aliphatic carbocycles. The first-order valence-electron chi connectivity index (χ1n) is 7.65. The molecule has 0 aliphatic rings. The van der Waals surface area contributed by atoms with Crippen LogP contribution in [0.1, 0.15) is 20.8 Å². The third kappa shape index (κ3) is 3.13. The third-order valence-electron chi connectivity index (χ3n) is 3.76. The van der Waals surface area contributed by atoms with Gasteiger partial charge in [0.1, 0.15) is 5.75 Å². The molecule has 0 saturated carbocycles. The minimum atomic E-state index is -0.119. The minimum Gasteiger partial charge on any atom is -0.483 e. The monoisotopic (exact) mass is 302 g/mol. The van der Waals surface area contributed by atoms with Crippen LogP contribution in [0.15, 0.2) is 35.1 Å². The molecule has 0 N–H and O–H groups in total. The molecule has 0 unspecified atom stereocenters. The molecule has 0 saturated heterocycles. The summed E-state index contributed by atoms with van der Waals surface area (Å²) in [6.45, 7) is 7.63. The van der Waals surface area contributed by atoms with E-state index in [1.807, 2.05) is 45.0 Å². The Morgan fingerprint density at radius 2 is 1.86 bits per heavy atom. The molecule has 0 spiro atoms. The van der Waals surface area contributed by atoms with Crippen LogP contribution in [0.5, 0.6) is 5.75 Å². The first kappa shape index (κ1) is 16.1. The number of nitrogens with zero attached hydrogens (tertiary/aromatic N) is 2. The van der Waals surface area contributed by atoms with Crippen LogP contribution in [0, 0.1) is 0 Å². The lowest BCUT2D eigenvalue weighted by molar-refractivity contribution is -0.132. The highest BCUT2D eigenvalue weighted by Gasteiger charge is 2.13. The average Bonchev–Trinajstić information content (AvgIpc) is 2.54. The number of aryl methyl sites for hydroxylation is 1. The normalized spacial score (nSPS) is 10.7. The maximum absolute atomic E-state index is 12.2. The highest BCUT2D eigenvalue weighted by atomic mass is 16.5. The summed E-state index contributed by atoms with van der Waals surface area (Å²) < 4.78 is 7.33. The molecule has 5 nitrogen and oxygen atoms in total. The fraction of sp³-hybridized carbons (Fsp3) is 0.412. The van der Waals surface area contributed by atoms with E-state index in [1.165, 1.54) is 6.07 Å². The first-order chi connectivity index (χ1) is 10.6. The lowest BCUT2D eigenvalue weighted by atomic mass is 10.2. The number of benzene rings is 1. The fourth-order valence-corrected chi connectivity index (χ4v) is 2.56. The van der Waals surface area contributed by atoms with Crippen molar-refractivity contribution in [2.75, 3.05) is 19.7 Å². The Hall–Kier alpha value is -2.30. The van der Waals surface area contributed by atoms with Gasteiger partial charge in [0.25, 0.3) is 11.5 Å². The number of aromatic nitrogens is 1. The molecule has 0 radical (unpaired) electrons. The average molecular weight is 302 g/mol. The van der Waals surface area contributed by atoms with Gasteiger partial charge in [-0.15, -0.1) is 0 Å². The summed E-state index contributed by atoms with van der Waals surface area (Å²) in [6.07, 6.45) is 0. The predicted molar refractivity (Wildman–Crippen MR) is 87.3 cm³/mol. The molecule has 1 amide bonds.